The van der Waals surface area contributed by atoms with Gasteiger partial charge in [0.2, 0.25) is 0 Å². The number of hydrazine groups is 1. The molecule has 0 radical (unpaired) electrons. The molecule has 1 atom stereocenters. The van der Waals surface area contributed by atoms with E-state index in [1.807, 2.05) is 24.3 Å². The standard InChI is InChI=1S/C18H15N3O4/c19-10-13-6-2-3-7-14(13)24-11-17(22)20-21-18(23)16-9-12-5-1-4-8-15(12)25-16/h1-8,16H,9,11H2,(H,20,22)(H,21,23). The molecule has 1 aliphatic rings. The van der Waals surface area contributed by atoms with Gasteiger partial charge in [0, 0.05) is 6.42 Å². The van der Waals surface area contributed by atoms with Crippen LogP contribution in [0, 0.1) is 11.3 Å². The van der Waals surface area contributed by atoms with Crippen molar-refractivity contribution in [1.29, 1.82) is 5.26 Å². The molecule has 1 unspecified atom stereocenters. The molecule has 2 amide bonds. The molecular weight excluding hydrogens is 322 g/mol. The summed E-state index contributed by atoms with van der Waals surface area (Å²) in [6.07, 6.45) is -0.234. The highest BCUT2D eigenvalue weighted by molar-refractivity contribution is 5.86. The molecule has 0 fully saturated rings. The Balaban J connectivity index is 1.45. The molecule has 0 saturated carbocycles. The zero-order valence-electron chi connectivity index (χ0n) is 13.2. The third-order valence-electron chi connectivity index (χ3n) is 3.63. The largest absolute Gasteiger partial charge is 0.482 e. The van der Waals surface area contributed by atoms with E-state index in [2.05, 4.69) is 10.9 Å². The Morgan fingerprint density at radius 1 is 1.16 bits per heavy atom. The lowest BCUT2D eigenvalue weighted by atomic mass is 10.1. The van der Waals surface area contributed by atoms with Crippen LogP contribution in [-0.2, 0) is 16.0 Å². The second-order valence-corrected chi connectivity index (χ2v) is 5.35. The third kappa shape index (κ3) is 3.87. The van der Waals surface area contributed by atoms with Crippen LogP contribution >= 0.6 is 0 Å². The number of amides is 2. The van der Waals surface area contributed by atoms with Gasteiger partial charge >= 0.3 is 0 Å². The van der Waals surface area contributed by atoms with Crippen molar-refractivity contribution in [3.63, 3.8) is 0 Å². The maximum absolute atomic E-state index is 12.1. The van der Waals surface area contributed by atoms with Gasteiger partial charge in [0.25, 0.3) is 11.8 Å². The van der Waals surface area contributed by atoms with E-state index in [0.29, 0.717) is 23.5 Å². The number of nitrogens with one attached hydrogen (secondary N) is 2. The first-order chi connectivity index (χ1) is 12.2. The van der Waals surface area contributed by atoms with Crippen molar-refractivity contribution >= 4 is 11.8 Å². The molecule has 126 valence electrons. The summed E-state index contributed by atoms with van der Waals surface area (Å²) in [5.74, 6) is -0.00921. The number of para-hydroxylation sites is 2. The number of benzene rings is 2. The van der Waals surface area contributed by atoms with Gasteiger partial charge in [-0.15, -0.1) is 0 Å². The van der Waals surface area contributed by atoms with Gasteiger partial charge in [-0.3, -0.25) is 20.4 Å². The Labute approximate surface area is 144 Å². The third-order valence-corrected chi connectivity index (χ3v) is 3.63. The first-order valence-electron chi connectivity index (χ1n) is 7.62. The number of ether oxygens (including phenoxy) is 2. The van der Waals surface area contributed by atoms with Crippen molar-refractivity contribution in [2.75, 3.05) is 6.61 Å². The van der Waals surface area contributed by atoms with Gasteiger partial charge in [-0.05, 0) is 23.8 Å². The molecule has 2 aromatic rings. The lowest BCUT2D eigenvalue weighted by Gasteiger charge is -2.12. The number of nitriles is 1. The average molecular weight is 337 g/mol. The van der Waals surface area contributed by atoms with Crippen LogP contribution in [-0.4, -0.2) is 24.5 Å². The summed E-state index contributed by atoms with van der Waals surface area (Å²) in [5, 5.41) is 8.95. The van der Waals surface area contributed by atoms with Crippen LogP contribution in [0.4, 0.5) is 0 Å². The molecule has 0 aliphatic carbocycles. The molecule has 0 bridgehead atoms. The smallest absolute Gasteiger partial charge is 0.279 e. The summed E-state index contributed by atoms with van der Waals surface area (Å²) in [7, 11) is 0. The van der Waals surface area contributed by atoms with Crippen LogP contribution in [0.3, 0.4) is 0 Å². The summed E-state index contributed by atoms with van der Waals surface area (Å²) in [6.45, 7) is -0.329. The molecule has 7 heteroatoms. The first-order valence-corrected chi connectivity index (χ1v) is 7.62. The highest BCUT2D eigenvalue weighted by atomic mass is 16.5. The minimum Gasteiger partial charge on any atom is -0.482 e. The molecule has 0 aromatic heterocycles. The van der Waals surface area contributed by atoms with Crippen LogP contribution in [0.25, 0.3) is 0 Å². The first kappa shape index (κ1) is 16.3. The Hall–Kier alpha value is -3.53. The van der Waals surface area contributed by atoms with Crippen molar-refractivity contribution in [2.24, 2.45) is 0 Å². The lowest BCUT2D eigenvalue weighted by Crippen LogP contribution is -2.49. The molecule has 1 heterocycles. The predicted octanol–water partition coefficient (Wildman–Crippen LogP) is 1.09. The van der Waals surface area contributed by atoms with Crippen molar-refractivity contribution in [3.05, 3.63) is 59.7 Å². The van der Waals surface area contributed by atoms with Gasteiger partial charge < -0.3 is 9.47 Å². The van der Waals surface area contributed by atoms with E-state index >= 15 is 0 Å². The van der Waals surface area contributed by atoms with Crippen molar-refractivity contribution in [1.82, 2.24) is 10.9 Å². The molecule has 1 aliphatic heterocycles. The topological polar surface area (TPSA) is 100 Å². The second-order valence-electron chi connectivity index (χ2n) is 5.35. The fraction of sp³-hybridized carbons (Fsp3) is 0.167. The van der Waals surface area contributed by atoms with Gasteiger partial charge in [0.15, 0.2) is 12.7 Å². The molecule has 0 spiro atoms. The molecule has 2 N–H and O–H groups in total. The Kier molecular flexibility index (Phi) is 4.81. The van der Waals surface area contributed by atoms with Crippen LogP contribution in [0.1, 0.15) is 11.1 Å². The summed E-state index contributed by atoms with van der Waals surface area (Å²) in [4.78, 5) is 23.8. The van der Waals surface area contributed by atoms with Gasteiger partial charge in [-0.1, -0.05) is 30.3 Å². The van der Waals surface area contributed by atoms with Crippen molar-refractivity contribution < 1.29 is 19.1 Å². The fourth-order valence-corrected chi connectivity index (χ4v) is 2.40. The van der Waals surface area contributed by atoms with E-state index < -0.39 is 17.9 Å². The number of carbonyl (C=O) groups is 2. The summed E-state index contributed by atoms with van der Waals surface area (Å²) >= 11 is 0. The van der Waals surface area contributed by atoms with Crippen LogP contribution < -0.4 is 20.3 Å². The second kappa shape index (κ2) is 7.36. The van der Waals surface area contributed by atoms with E-state index in [1.165, 1.54) is 0 Å². The minimum absolute atomic E-state index is 0.307. The van der Waals surface area contributed by atoms with Gasteiger partial charge in [-0.25, -0.2) is 0 Å². The quantitative estimate of drug-likeness (QED) is 0.814. The average Bonchev–Trinajstić information content (AvgIpc) is 3.09. The summed E-state index contributed by atoms with van der Waals surface area (Å²) in [5.41, 5.74) is 5.86. The maximum Gasteiger partial charge on any atom is 0.279 e. The molecular formula is C18H15N3O4. The molecule has 7 nitrogen and oxygen atoms in total. The fourth-order valence-electron chi connectivity index (χ4n) is 2.40. The van der Waals surface area contributed by atoms with Gasteiger partial charge in [-0.2, -0.15) is 5.26 Å². The van der Waals surface area contributed by atoms with Crippen LogP contribution in [0.5, 0.6) is 11.5 Å². The Bertz CT molecular complexity index is 819. The minimum atomic E-state index is -0.682. The Morgan fingerprint density at radius 3 is 2.72 bits per heavy atom. The van der Waals surface area contributed by atoms with Crippen LogP contribution in [0.2, 0.25) is 0 Å². The van der Waals surface area contributed by atoms with E-state index in [4.69, 9.17) is 14.7 Å². The highest BCUT2D eigenvalue weighted by Gasteiger charge is 2.28. The van der Waals surface area contributed by atoms with E-state index in [9.17, 15) is 9.59 Å². The maximum atomic E-state index is 12.1. The van der Waals surface area contributed by atoms with Gasteiger partial charge in [0.05, 0.1) is 5.56 Å². The zero-order chi connectivity index (χ0) is 17.6. The van der Waals surface area contributed by atoms with Crippen LogP contribution in [0.15, 0.2) is 48.5 Å². The highest BCUT2D eigenvalue weighted by Crippen LogP contribution is 2.27. The van der Waals surface area contributed by atoms with E-state index in [0.717, 1.165) is 5.56 Å². The van der Waals surface area contributed by atoms with E-state index in [-0.39, 0.29) is 6.61 Å². The summed E-state index contributed by atoms with van der Waals surface area (Å²) < 4.78 is 10.8. The Morgan fingerprint density at radius 2 is 1.92 bits per heavy atom. The molecule has 2 aromatic carbocycles. The number of hydrogen-bond acceptors (Lipinski definition) is 5. The summed E-state index contributed by atoms with van der Waals surface area (Å²) in [6, 6.07) is 15.9. The number of fused-ring (bicyclic) bond motifs is 1. The SMILES string of the molecule is N#Cc1ccccc1OCC(=O)NNC(=O)C1Cc2ccccc2O1. The zero-order valence-corrected chi connectivity index (χ0v) is 13.2. The predicted molar refractivity (Wildman–Crippen MR) is 87.5 cm³/mol. The molecule has 0 saturated heterocycles. The number of carbonyl (C=O) groups excluding carboxylic acids is 2. The van der Waals surface area contributed by atoms with Crippen molar-refractivity contribution in [3.8, 4) is 17.6 Å². The number of hydrogen-bond donors (Lipinski definition) is 2. The van der Waals surface area contributed by atoms with Gasteiger partial charge in [0.1, 0.15) is 17.6 Å². The number of rotatable bonds is 4. The molecule has 3 rings (SSSR count). The number of nitrogens with zero attached hydrogens (tertiary/aromatic N) is 1. The lowest BCUT2D eigenvalue weighted by molar-refractivity contribution is -0.133. The molecule has 25 heavy (non-hydrogen) atoms. The van der Waals surface area contributed by atoms with Crippen molar-refractivity contribution in [2.45, 2.75) is 12.5 Å². The monoisotopic (exact) mass is 337 g/mol. The van der Waals surface area contributed by atoms with E-state index in [1.54, 1.807) is 30.3 Å². The normalized spacial score (nSPS) is 14.6.